The van der Waals surface area contributed by atoms with Gasteiger partial charge in [-0.1, -0.05) is 63.8 Å². The van der Waals surface area contributed by atoms with Gasteiger partial charge in [0.1, 0.15) is 0 Å². The summed E-state index contributed by atoms with van der Waals surface area (Å²) in [6, 6.07) is 0. The lowest BCUT2D eigenvalue weighted by atomic mass is 10.2. The Balaban J connectivity index is 3.14. The third-order valence-electron chi connectivity index (χ3n) is 3.80. The topological polar surface area (TPSA) is 18.5 Å². The van der Waals surface area contributed by atoms with Crippen LogP contribution in [0.1, 0.15) is 20.8 Å². The molecule has 1 aliphatic rings. The second-order valence-electron chi connectivity index (χ2n) is 7.08. The molecule has 0 saturated heterocycles. The van der Waals surface area contributed by atoms with Gasteiger partial charge in [-0.05, 0) is 0 Å². The van der Waals surface area contributed by atoms with E-state index in [0.29, 0.717) is 5.54 Å². The van der Waals surface area contributed by atoms with E-state index in [0.717, 1.165) is 0 Å². The van der Waals surface area contributed by atoms with Crippen molar-refractivity contribution >= 4 is 16.6 Å². The van der Waals surface area contributed by atoms with Crippen molar-refractivity contribution in [2.24, 2.45) is 0 Å². The summed E-state index contributed by atoms with van der Waals surface area (Å²) < 4.78 is 11.9. The van der Waals surface area contributed by atoms with E-state index in [-0.39, 0.29) is 5.04 Å². The van der Waals surface area contributed by atoms with Crippen LogP contribution in [0.5, 0.6) is 0 Å². The lowest BCUT2D eigenvalue weighted by Crippen LogP contribution is -2.51. The monoisotopic (exact) mass is 284 g/mol. The third kappa shape index (κ3) is 2.71. The Labute approximate surface area is 114 Å². The van der Waals surface area contributed by atoms with Crippen molar-refractivity contribution in [3.63, 3.8) is 0 Å². The fourth-order valence-electron chi connectivity index (χ4n) is 2.72. The van der Waals surface area contributed by atoms with Gasteiger partial charge >= 0.3 is 8.56 Å². The van der Waals surface area contributed by atoms with Crippen molar-refractivity contribution in [1.82, 2.24) is 0 Å². The zero-order valence-electron chi connectivity index (χ0n) is 13.1. The van der Waals surface area contributed by atoms with E-state index in [1.54, 1.807) is 14.2 Å². The maximum atomic E-state index is 5.93. The molecule has 1 aliphatic carbocycles. The molecule has 0 aromatic rings. The van der Waals surface area contributed by atoms with Gasteiger partial charge in [-0.15, -0.1) is 0 Å². The van der Waals surface area contributed by atoms with Gasteiger partial charge in [0.15, 0.2) is 0 Å². The highest BCUT2D eigenvalue weighted by atomic mass is 28.4. The van der Waals surface area contributed by atoms with Gasteiger partial charge in [-0.2, -0.15) is 0 Å². The largest absolute Gasteiger partial charge is 0.397 e. The lowest BCUT2D eigenvalue weighted by Gasteiger charge is -2.41. The van der Waals surface area contributed by atoms with Gasteiger partial charge in [0.25, 0.3) is 0 Å². The van der Waals surface area contributed by atoms with Crippen molar-refractivity contribution < 1.29 is 8.85 Å². The Morgan fingerprint density at radius 1 is 1.06 bits per heavy atom. The van der Waals surface area contributed by atoms with E-state index >= 15 is 0 Å². The quantitative estimate of drug-likeness (QED) is 0.718. The molecule has 18 heavy (non-hydrogen) atoms. The summed E-state index contributed by atoms with van der Waals surface area (Å²) in [5.41, 5.74) is 0.328. The summed E-state index contributed by atoms with van der Waals surface area (Å²) in [6.07, 6.45) is 6.98. The van der Waals surface area contributed by atoms with Crippen molar-refractivity contribution in [3.8, 4) is 0 Å². The molecule has 4 heteroatoms. The highest BCUT2D eigenvalue weighted by molar-refractivity contribution is 6.84. The van der Waals surface area contributed by atoms with E-state index in [4.69, 9.17) is 8.85 Å². The second kappa shape index (κ2) is 5.08. The molecule has 0 spiro atoms. The molecule has 0 saturated carbocycles. The molecule has 0 aliphatic heterocycles. The van der Waals surface area contributed by atoms with Crippen LogP contribution in [0.3, 0.4) is 0 Å². The molecule has 1 rings (SSSR count). The van der Waals surface area contributed by atoms with Crippen LogP contribution >= 0.6 is 0 Å². The van der Waals surface area contributed by atoms with Gasteiger partial charge in [0.2, 0.25) is 0 Å². The molecule has 0 fully saturated rings. The van der Waals surface area contributed by atoms with Gasteiger partial charge < -0.3 is 8.85 Å². The van der Waals surface area contributed by atoms with Crippen molar-refractivity contribution in [1.29, 1.82) is 0 Å². The van der Waals surface area contributed by atoms with E-state index < -0.39 is 16.6 Å². The Kier molecular flexibility index (Phi) is 4.48. The third-order valence-corrected chi connectivity index (χ3v) is 10.4. The molecule has 1 unspecified atom stereocenters. The van der Waals surface area contributed by atoms with Gasteiger partial charge in [0, 0.05) is 24.8 Å². The predicted octanol–water partition coefficient (Wildman–Crippen LogP) is 4.27. The Hall–Kier alpha value is -0.166. The van der Waals surface area contributed by atoms with Crippen LogP contribution in [0, 0.1) is 0 Å². The van der Waals surface area contributed by atoms with E-state index in [1.807, 2.05) is 0 Å². The molecule has 104 valence electrons. The maximum absolute atomic E-state index is 5.93. The molecule has 0 heterocycles. The maximum Gasteiger partial charge on any atom is 0.354 e. The predicted molar refractivity (Wildman–Crippen MR) is 83.8 cm³/mol. The number of rotatable bonds is 4. The summed E-state index contributed by atoms with van der Waals surface area (Å²) in [5, 5.41) is 1.57. The molecular weight excluding hydrogens is 256 g/mol. The average Bonchev–Trinajstić information content (AvgIpc) is 2.67. The standard InChI is InChI=1S/C14H28O2Si2/c1-14(2,3)18(15-4,16-5)13-10-9-12(11-13)17(6,7)8/h9-11,13H,1-8H3. The number of allylic oxidation sites excluding steroid dienone is 4. The zero-order chi connectivity index (χ0) is 14.2. The van der Waals surface area contributed by atoms with Gasteiger partial charge in [-0.3, -0.25) is 0 Å². The fourth-order valence-corrected chi connectivity index (χ4v) is 7.84. The minimum atomic E-state index is -2.27. The first kappa shape index (κ1) is 15.9. The van der Waals surface area contributed by atoms with Gasteiger partial charge in [0.05, 0.1) is 8.07 Å². The second-order valence-corrected chi connectivity index (χ2v) is 16.5. The van der Waals surface area contributed by atoms with Crippen molar-refractivity contribution in [2.45, 2.75) is 51.0 Å². The summed E-state index contributed by atoms with van der Waals surface area (Å²) >= 11 is 0. The molecular formula is C14H28O2Si2. The van der Waals surface area contributed by atoms with Crippen LogP contribution in [0.25, 0.3) is 0 Å². The molecule has 1 atom stereocenters. The molecule has 0 amide bonds. The van der Waals surface area contributed by atoms with Crippen molar-refractivity contribution in [2.75, 3.05) is 14.2 Å². The Morgan fingerprint density at radius 3 is 1.83 bits per heavy atom. The molecule has 2 nitrogen and oxygen atoms in total. The minimum Gasteiger partial charge on any atom is -0.397 e. The lowest BCUT2D eigenvalue weighted by molar-refractivity contribution is 0.211. The zero-order valence-corrected chi connectivity index (χ0v) is 15.1. The first-order valence-corrected chi connectivity index (χ1v) is 12.0. The van der Waals surface area contributed by atoms with Crippen LogP contribution in [-0.2, 0) is 8.85 Å². The number of hydrogen-bond acceptors (Lipinski definition) is 2. The first-order valence-electron chi connectivity index (χ1n) is 6.59. The summed E-state index contributed by atoms with van der Waals surface area (Å²) in [6.45, 7) is 13.8. The van der Waals surface area contributed by atoms with E-state index in [1.165, 1.54) is 5.20 Å². The summed E-state index contributed by atoms with van der Waals surface area (Å²) in [4.78, 5) is 0. The SMILES string of the molecule is CO[Si](OC)(C1C=CC([Si](C)(C)C)=C1)C(C)(C)C. The van der Waals surface area contributed by atoms with Crippen LogP contribution in [0.15, 0.2) is 23.4 Å². The smallest absolute Gasteiger partial charge is 0.354 e. The van der Waals surface area contributed by atoms with Crippen LogP contribution in [0.2, 0.25) is 30.2 Å². The van der Waals surface area contributed by atoms with Crippen molar-refractivity contribution in [3.05, 3.63) is 23.4 Å². The normalized spacial score (nSPS) is 21.3. The highest BCUT2D eigenvalue weighted by Crippen LogP contribution is 2.48. The van der Waals surface area contributed by atoms with Crippen LogP contribution in [0.4, 0.5) is 0 Å². The molecule has 0 bridgehead atoms. The fraction of sp³-hybridized carbons (Fsp3) is 0.714. The first-order chi connectivity index (χ1) is 8.08. The Morgan fingerprint density at radius 2 is 1.56 bits per heavy atom. The average molecular weight is 285 g/mol. The molecule has 0 N–H and O–H groups in total. The Bertz CT molecular complexity index is 355. The molecule has 0 radical (unpaired) electrons. The minimum absolute atomic E-state index is 0.0525. The van der Waals surface area contributed by atoms with E-state index in [2.05, 4.69) is 58.6 Å². The van der Waals surface area contributed by atoms with Gasteiger partial charge in [-0.25, -0.2) is 0 Å². The van der Waals surface area contributed by atoms with E-state index in [9.17, 15) is 0 Å². The summed E-state index contributed by atoms with van der Waals surface area (Å²) in [5.74, 6) is 0. The van der Waals surface area contributed by atoms with Crippen LogP contribution < -0.4 is 0 Å². The number of hydrogen-bond donors (Lipinski definition) is 0. The van der Waals surface area contributed by atoms with Crippen LogP contribution in [-0.4, -0.2) is 30.9 Å². The highest BCUT2D eigenvalue weighted by Gasteiger charge is 2.53. The molecule has 0 aromatic heterocycles. The summed E-state index contributed by atoms with van der Waals surface area (Å²) in [7, 11) is 0.0840. The molecule has 0 aromatic carbocycles.